The maximum absolute atomic E-state index is 12.6. The molecule has 0 radical (unpaired) electrons. The van der Waals surface area contributed by atoms with Crippen LogP contribution in [0.4, 0.5) is 0 Å². The van der Waals surface area contributed by atoms with E-state index in [1.54, 1.807) is 0 Å². The lowest BCUT2D eigenvalue weighted by molar-refractivity contribution is -0.141. The van der Waals surface area contributed by atoms with Crippen molar-refractivity contribution in [1.82, 2.24) is 0 Å². The number of hydrogen-bond acceptors (Lipinski definition) is 3. The van der Waals surface area contributed by atoms with E-state index < -0.39 is 0 Å². The molecule has 1 aromatic carbocycles. The molecule has 2 aliphatic carbocycles. The third-order valence-corrected chi connectivity index (χ3v) is 8.21. The first-order valence-corrected chi connectivity index (χ1v) is 12.1. The van der Waals surface area contributed by atoms with Crippen molar-refractivity contribution in [2.75, 3.05) is 0 Å². The van der Waals surface area contributed by atoms with E-state index in [0.29, 0.717) is 11.7 Å². The Hall–Kier alpha value is -0.960. The minimum atomic E-state index is -0.000642. The Labute approximate surface area is 169 Å². The van der Waals surface area contributed by atoms with Crippen LogP contribution >= 0.6 is 11.8 Å². The molecule has 1 aromatic rings. The van der Waals surface area contributed by atoms with E-state index in [4.69, 9.17) is 4.74 Å². The van der Waals surface area contributed by atoms with Crippen LogP contribution < -0.4 is 4.74 Å². The standard InChI is InChI=1S/C22H30O2S.C2H6/c1-3-14(4-2)15-7-9-19(10-8-15)24-22(23)17-6-5-16-12-20-21(25-20)13-18(16)11-17;1-2/h7-10,14,16-18,20-21H,3-6,11-13H2,1-2H3;1-2H3. The van der Waals surface area contributed by atoms with Crippen LogP contribution in [-0.4, -0.2) is 16.5 Å². The fourth-order valence-electron chi connectivity index (χ4n) is 5.10. The van der Waals surface area contributed by atoms with Gasteiger partial charge in [0.1, 0.15) is 5.75 Å². The topological polar surface area (TPSA) is 26.3 Å². The van der Waals surface area contributed by atoms with Crippen LogP contribution in [0.5, 0.6) is 5.75 Å². The molecule has 0 bridgehead atoms. The van der Waals surface area contributed by atoms with Gasteiger partial charge in [-0.3, -0.25) is 4.79 Å². The van der Waals surface area contributed by atoms with Gasteiger partial charge < -0.3 is 4.74 Å². The van der Waals surface area contributed by atoms with Gasteiger partial charge in [-0.25, -0.2) is 0 Å². The zero-order chi connectivity index (χ0) is 19.4. The fourth-order valence-corrected chi connectivity index (χ4v) is 6.40. The Bertz CT molecular complexity index is 607. The van der Waals surface area contributed by atoms with Gasteiger partial charge in [-0.2, -0.15) is 11.8 Å². The van der Waals surface area contributed by atoms with Crippen molar-refractivity contribution in [2.45, 2.75) is 89.1 Å². The summed E-state index contributed by atoms with van der Waals surface area (Å²) < 4.78 is 5.73. The number of thioether (sulfide) groups is 1. The first-order chi connectivity index (χ1) is 13.2. The van der Waals surface area contributed by atoms with Crippen molar-refractivity contribution in [3.05, 3.63) is 29.8 Å². The van der Waals surface area contributed by atoms with Crippen molar-refractivity contribution >= 4 is 17.7 Å². The van der Waals surface area contributed by atoms with Crippen molar-refractivity contribution in [3.63, 3.8) is 0 Å². The average molecular weight is 389 g/mol. The maximum Gasteiger partial charge on any atom is 0.314 e. The van der Waals surface area contributed by atoms with Gasteiger partial charge in [0, 0.05) is 10.5 Å². The lowest BCUT2D eigenvalue weighted by Crippen LogP contribution is -2.35. The number of esters is 1. The number of ether oxygens (including phenoxy) is 1. The lowest BCUT2D eigenvalue weighted by Gasteiger charge is -2.37. The Morgan fingerprint density at radius 1 is 1.00 bits per heavy atom. The van der Waals surface area contributed by atoms with Gasteiger partial charge in [0.05, 0.1) is 5.92 Å². The number of carbonyl (C=O) groups excluding carboxylic acids is 1. The SMILES string of the molecule is CC.CCC(CC)c1ccc(OC(=O)C2CCC3CC4SC4CC3C2)cc1. The quantitative estimate of drug-likeness (QED) is 0.314. The van der Waals surface area contributed by atoms with Gasteiger partial charge in [-0.05, 0) is 80.4 Å². The van der Waals surface area contributed by atoms with Crippen LogP contribution in [0.2, 0.25) is 0 Å². The van der Waals surface area contributed by atoms with E-state index in [1.807, 2.05) is 26.0 Å². The average Bonchev–Trinajstić information content (AvgIpc) is 3.47. The molecule has 1 heterocycles. The second-order valence-electron chi connectivity index (χ2n) is 8.22. The molecule has 5 atom stereocenters. The molecule has 150 valence electrons. The van der Waals surface area contributed by atoms with E-state index in [1.165, 1.54) is 24.8 Å². The van der Waals surface area contributed by atoms with Crippen LogP contribution in [0.1, 0.15) is 84.1 Å². The largest absolute Gasteiger partial charge is 0.426 e. The summed E-state index contributed by atoms with van der Waals surface area (Å²) in [7, 11) is 0. The molecule has 2 nitrogen and oxygen atoms in total. The highest BCUT2D eigenvalue weighted by molar-refractivity contribution is 8.07. The predicted molar refractivity (Wildman–Crippen MR) is 115 cm³/mol. The molecule has 3 heteroatoms. The zero-order valence-corrected chi connectivity index (χ0v) is 18.3. The Morgan fingerprint density at radius 2 is 1.63 bits per heavy atom. The fraction of sp³-hybridized carbons (Fsp3) is 0.708. The van der Waals surface area contributed by atoms with Crippen LogP contribution in [0, 0.1) is 17.8 Å². The number of benzene rings is 1. The Kier molecular flexibility index (Phi) is 7.30. The maximum atomic E-state index is 12.6. The summed E-state index contributed by atoms with van der Waals surface area (Å²) in [6, 6.07) is 8.21. The minimum absolute atomic E-state index is 0.000642. The van der Waals surface area contributed by atoms with Crippen LogP contribution in [0.25, 0.3) is 0 Å². The monoisotopic (exact) mass is 388 g/mol. The van der Waals surface area contributed by atoms with Crippen LogP contribution in [0.15, 0.2) is 24.3 Å². The van der Waals surface area contributed by atoms with Gasteiger partial charge in [0.25, 0.3) is 0 Å². The number of hydrogen-bond donors (Lipinski definition) is 0. The smallest absolute Gasteiger partial charge is 0.314 e. The molecular weight excluding hydrogens is 352 g/mol. The molecule has 2 saturated carbocycles. The lowest BCUT2D eigenvalue weighted by atomic mass is 9.67. The summed E-state index contributed by atoms with van der Waals surface area (Å²) in [5.41, 5.74) is 1.35. The first kappa shape index (κ1) is 20.8. The molecule has 5 unspecified atom stereocenters. The van der Waals surface area contributed by atoms with Gasteiger partial charge in [-0.1, -0.05) is 39.8 Å². The van der Waals surface area contributed by atoms with E-state index in [9.17, 15) is 4.79 Å². The van der Waals surface area contributed by atoms with Gasteiger partial charge >= 0.3 is 5.97 Å². The molecule has 3 fully saturated rings. The molecule has 0 spiro atoms. The van der Waals surface area contributed by atoms with Gasteiger partial charge in [0.15, 0.2) is 0 Å². The van der Waals surface area contributed by atoms with E-state index in [2.05, 4.69) is 37.7 Å². The highest BCUT2D eigenvalue weighted by Gasteiger charge is 2.49. The minimum Gasteiger partial charge on any atom is -0.426 e. The zero-order valence-electron chi connectivity index (χ0n) is 17.4. The normalized spacial score (nSPS) is 31.2. The van der Waals surface area contributed by atoms with Crippen molar-refractivity contribution < 1.29 is 9.53 Å². The molecule has 1 saturated heterocycles. The van der Waals surface area contributed by atoms with E-state index in [0.717, 1.165) is 48.0 Å². The first-order valence-electron chi connectivity index (χ1n) is 11.1. The molecule has 4 rings (SSSR count). The summed E-state index contributed by atoms with van der Waals surface area (Å²) in [5, 5.41) is 1.87. The highest BCUT2D eigenvalue weighted by atomic mass is 32.2. The van der Waals surface area contributed by atoms with Crippen molar-refractivity contribution in [1.29, 1.82) is 0 Å². The molecule has 1 aliphatic heterocycles. The van der Waals surface area contributed by atoms with Crippen LogP contribution in [0.3, 0.4) is 0 Å². The third kappa shape index (κ3) is 4.91. The summed E-state index contributed by atoms with van der Waals surface area (Å²) in [6.45, 7) is 8.46. The molecule has 0 N–H and O–H groups in total. The van der Waals surface area contributed by atoms with Crippen molar-refractivity contribution in [2.24, 2.45) is 17.8 Å². The number of fused-ring (bicyclic) bond motifs is 2. The molecular formula is C24H36O2S. The molecule has 0 aromatic heterocycles. The second kappa shape index (κ2) is 9.49. The Morgan fingerprint density at radius 3 is 2.26 bits per heavy atom. The third-order valence-electron chi connectivity index (χ3n) is 6.79. The van der Waals surface area contributed by atoms with E-state index in [-0.39, 0.29) is 11.9 Å². The molecule has 3 aliphatic rings. The summed E-state index contributed by atoms with van der Waals surface area (Å²) in [6.07, 6.45) is 8.35. The van der Waals surface area contributed by atoms with Gasteiger partial charge in [-0.15, -0.1) is 0 Å². The Balaban J connectivity index is 0.00000102. The number of rotatable bonds is 5. The van der Waals surface area contributed by atoms with Crippen LogP contribution in [-0.2, 0) is 4.79 Å². The molecule has 27 heavy (non-hydrogen) atoms. The highest BCUT2D eigenvalue weighted by Crippen LogP contribution is 2.57. The van der Waals surface area contributed by atoms with Crippen molar-refractivity contribution in [3.8, 4) is 5.75 Å². The van der Waals surface area contributed by atoms with Gasteiger partial charge in [0.2, 0.25) is 0 Å². The summed E-state index contributed by atoms with van der Waals surface area (Å²) >= 11 is 2.17. The molecule has 0 amide bonds. The summed E-state index contributed by atoms with van der Waals surface area (Å²) in [5.74, 6) is 3.07. The summed E-state index contributed by atoms with van der Waals surface area (Å²) in [4.78, 5) is 12.6. The second-order valence-corrected chi connectivity index (χ2v) is 9.70. The predicted octanol–water partition coefficient (Wildman–Crippen LogP) is 6.83. The van der Waals surface area contributed by atoms with E-state index >= 15 is 0 Å². The number of carbonyl (C=O) groups is 1.